The fourth-order valence-electron chi connectivity index (χ4n) is 2.24. The van der Waals surface area contributed by atoms with Gasteiger partial charge in [0.15, 0.2) is 0 Å². The van der Waals surface area contributed by atoms with E-state index in [0.29, 0.717) is 23.8 Å². The van der Waals surface area contributed by atoms with Crippen LogP contribution in [0, 0.1) is 6.92 Å². The Morgan fingerprint density at radius 3 is 2.35 bits per heavy atom. The van der Waals surface area contributed by atoms with E-state index in [2.05, 4.69) is 4.98 Å². The van der Waals surface area contributed by atoms with Gasteiger partial charge in [0.25, 0.3) is 0 Å². The first-order chi connectivity index (χ1) is 12.6. The monoisotopic (exact) mass is 369 g/mol. The predicted octanol–water partition coefficient (Wildman–Crippen LogP) is 4.19. The molecule has 3 rings (SSSR count). The van der Waals surface area contributed by atoms with Gasteiger partial charge in [-0.25, -0.2) is 4.98 Å². The smallest absolute Gasteiger partial charge is 0.317 e. The number of hydrogen-bond donors (Lipinski definition) is 0. The summed E-state index contributed by atoms with van der Waals surface area (Å²) in [6.45, 7) is 2.41. The molecule has 26 heavy (non-hydrogen) atoms. The zero-order valence-electron chi connectivity index (χ0n) is 14.6. The number of thiazole rings is 1. The number of ether oxygens (including phenoxy) is 3. The predicted molar refractivity (Wildman–Crippen MR) is 100.0 cm³/mol. The Hall–Kier alpha value is -2.86. The summed E-state index contributed by atoms with van der Waals surface area (Å²) in [5, 5.41) is 2.67. The van der Waals surface area contributed by atoms with Crippen molar-refractivity contribution >= 4 is 17.3 Å². The molecule has 0 fully saturated rings. The number of rotatable bonds is 7. The van der Waals surface area contributed by atoms with Crippen molar-refractivity contribution in [2.24, 2.45) is 0 Å². The molecule has 0 atom stereocenters. The molecule has 134 valence electrons. The number of hydrogen-bond acceptors (Lipinski definition) is 6. The first-order valence-corrected chi connectivity index (χ1v) is 8.98. The van der Waals surface area contributed by atoms with E-state index in [0.717, 1.165) is 10.8 Å². The summed E-state index contributed by atoms with van der Waals surface area (Å²) in [5.74, 6) is 1.63. The number of esters is 1. The molecule has 0 unspecified atom stereocenters. The second kappa shape index (κ2) is 8.49. The number of nitrogens with zero attached hydrogens (tertiary/aromatic N) is 1. The molecule has 0 saturated carbocycles. The maximum Gasteiger partial charge on any atom is 0.317 e. The summed E-state index contributed by atoms with van der Waals surface area (Å²) in [6.07, 6.45) is 0.118. The van der Waals surface area contributed by atoms with E-state index < -0.39 is 0 Å². The Kier molecular flexibility index (Phi) is 5.86. The topological polar surface area (TPSA) is 57.7 Å². The van der Waals surface area contributed by atoms with Gasteiger partial charge in [-0.05, 0) is 43.3 Å². The second-order valence-corrected chi connectivity index (χ2v) is 6.60. The Bertz CT molecular complexity index is 856. The summed E-state index contributed by atoms with van der Waals surface area (Å²) in [5.41, 5.74) is 1.86. The van der Waals surface area contributed by atoms with E-state index in [1.165, 1.54) is 16.9 Å². The Morgan fingerprint density at radius 2 is 1.65 bits per heavy atom. The Labute approximate surface area is 156 Å². The third-order valence-corrected chi connectivity index (χ3v) is 4.47. The van der Waals surface area contributed by atoms with Crippen LogP contribution in [0.1, 0.15) is 16.3 Å². The normalized spacial score (nSPS) is 10.4. The molecule has 1 aromatic heterocycles. The fraction of sp³-hybridized carbons (Fsp3) is 0.200. The van der Waals surface area contributed by atoms with Gasteiger partial charge in [0.2, 0.25) is 0 Å². The van der Waals surface area contributed by atoms with Gasteiger partial charge in [-0.15, -0.1) is 11.3 Å². The molecule has 0 bridgehead atoms. The van der Waals surface area contributed by atoms with Crippen molar-refractivity contribution < 1.29 is 19.0 Å². The van der Waals surface area contributed by atoms with E-state index in [4.69, 9.17) is 14.2 Å². The van der Waals surface area contributed by atoms with Crippen LogP contribution < -0.4 is 14.2 Å². The molecular weight excluding hydrogens is 350 g/mol. The lowest BCUT2D eigenvalue weighted by Gasteiger charge is -2.05. The van der Waals surface area contributed by atoms with E-state index >= 15 is 0 Å². The maximum atomic E-state index is 12.0. The Morgan fingerprint density at radius 1 is 1.00 bits per heavy atom. The highest BCUT2D eigenvalue weighted by Crippen LogP contribution is 2.19. The van der Waals surface area contributed by atoms with E-state index in [1.54, 1.807) is 31.4 Å². The summed E-state index contributed by atoms with van der Waals surface area (Å²) in [7, 11) is 1.59. The van der Waals surface area contributed by atoms with Crippen LogP contribution in [0.2, 0.25) is 0 Å². The molecule has 0 saturated heterocycles. The molecule has 0 aliphatic carbocycles. The van der Waals surface area contributed by atoms with Crippen molar-refractivity contribution in [2.45, 2.75) is 20.0 Å². The highest BCUT2D eigenvalue weighted by atomic mass is 32.1. The number of aryl methyl sites for hydroxylation is 1. The minimum absolute atomic E-state index is 0.118. The molecule has 5 nitrogen and oxygen atoms in total. The lowest BCUT2D eigenvalue weighted by Crippen LogP contribution is -2.11. The number of benzene rings is 2. The molecule has 3 aromatic rings. The van der Waals surface area contributed by atoms with Gasteiger partial charge in [-0.1, -0.05) is 17.7 Å². The van der Waals surface area contributed by atoms with Crippen molar-refractivity contribution in [3.8, 4) is 17.2 Å². The summed E-state index contributed by atoms with van der Waals surface area (Å²) in [6, 6.07) is 14.7. The molecular formula is C20H19NO4S. The average Bonchev–Trinajstić information content (AvgIpc) is 3.09. The molecule has 0 aliphatic rings. The largest absolute Gasteiger partial charge is 0.497 e. The summed E-state index contributed by atoms with van der Waals surface area (Å²) >= 11 is 1.46. The lowest BCUT2D eigenvalue weighted by atomic mass is 10.2. The van der Waals surface area contributed by atoms with Crippen LogP contribution in [-0.4, -0.2) is 18.1 Å². The number of carbonyl (C=O) groups excluding carboxylic acids is 1. The van der Waals surface area contributed by atoms with Crippen molar-refractivity contribution in [2.75, 3.05) is 7.11 Å². The van der Waals surface area contributed by atoms with Crippen LogP contribution in [0.5, 0.6) is 17.2 Å². The van der Waals surface area contributed by atoms with Gasteiger partial charge < -0.3 is 14.2 Å². The van der Waals surface area contributed by atoms with E-state index in [1.807, 2.05) is 36.6 Å². The van der Waals surface area contributed by atoms with Gasteiger partial charge in [-0.2, -0.15) is 0 Å². The van der Waals surface area contributed by atoms with Crippen LogP contribution in [-0.2, 0) is 17.8 Å². The first kappa shape index (κ1) is 17.9. The van der Waals surface area contributed by atoms with Gasteiger partial charge in [0.1, 0.15) is 28.9 Å². The van der Waals surface area contributed by atoms with Gasteiger partial charge in [0, 0.05) is 5.38 Å². The second-order valence-electron chi connectivity index (χ2n) is 5.66. The highest BCUT2D eigenvalue weighted by Gasteiger charge is 2.10. The van der Waals surface area contributed by atoms with Crippen LogP contribution in [0.25, 0.3) is 0 Å². The van der Waals surface area contributed by atoms with Crippen molar-refractivity contribution in [3.05, 3.63) is 70.2 Å². The highest BCUT2D eigenvalue weighted by molar-refractivity contribution is 7.09. The molecule has 0 spiro atoms. The Balaban J connectivity index is 1.50. The molecule has 0 amide bonds. The molecule has 1 heterocycles. The minimum Gasteiger partial charge on any atom is -0.497 e. The van der Waals surface area contributed by atoms with Crippen LogP contribution in [0.3, 0.4) is 0 Å². The zero-order valence-corrected chi connectivity index (χ0v) is 15.4. The van der Waals surface area contributed by atoms with E-state index in [-0.39, 0.29) is 12.4 Å². The summed E-state index contributed by atoms with van der Waals surface area (Å²) in [4.78, 5) is 16.5. The van der Waals surface area contributed by atoms with Crippen molar-refractivity contribution in [3.63, 3.8) is 0 Å². The third kappa shape index (κ3) is 5.07. The average molecular weight is 369 g/mol. The maximum absolute atomic E-state index is 12.0. The van der Waals surface area contributed by atoms with Crippen LogP contribution in [0.4, 0.5) is 0 Å². The van der Waals surface area contributed by atoms with Gasteiger partial charge in [-0.3, -0.25) is 4.79 Å². The standard InChI is InChI=1S/C20H19NO4S/c1-14-3-5-17(6-4-14)24-12-19-21-15(13-26-19)11-20(22)25-18-9-7-16(23-2)8-10-18/h3-10,13H,11-12H2,1-2H3. The third-order valence-electron chi connectivity index (χ3n) is 3.60. The van der Waals surface area contributed by atoms with Gasteiger partial charge >= 0.3 is 5.97 Å². The quantitative estimate of drug-likeness (QED) is 0.462. The first-order valence-electron chi connectivity index (χ1n) is 8.10. The fourth-order valence-corrected chi connectivity index (χ4v) is 2.94. The number of carbonyl (C=O) groups is 1. The van der Waals surface area contributed by atoms with Crippen LogP contribution in [0.15, 0.2) is 53.9 Å². The number of methoxy groups -OCH3 is 1. The lowest BCUT2D eigenvalue weighted by molar-refractivity contribution is -0.133. The number of aromatic nitrogens is 1. The van der Waals surface area contributed by atoms with Gasteiger partial charge in [0.05, 0.1) is 19.2 Å². The van der Waals surface area contributed by atoms with E-state index in [9.17, 15) is 4.79 Å². The molecule has 0 radical (unpaired) electrons. The molecule has 0 aliphatic heterocycles. The van der Waals surface area contributed by atoms with Crippen molar-refractivity contribution in [1.29, 1.82) is 0 Å². The SMILES string of the molecule is COc1ccc(OC(=O)Cc2csc(COc3ccc(C)cc3)n2)cc1. The van der Waals surface area contributed by atoms with Crippen LogP contribution >= 0.6 is 11.3 Å². The van der Waals surface area contributed by atoms with Crippen molar-refractivity contribution in [1.82, 2.24) is 4.98 Å². The minimum atomic E-state index is -0.355. The summed E-state index contributed by atoms with van der Waals surface area (Å²) < 4.78 is 16.1. The molecule has 0 N–H and O–H groups in total. The zero-order chi connectivity index (χ0) is 18.4. The molecule has 6 heteroatoms. The molecule has 2 aromatic carbocycles.